The molecule has 0 radical (unpaired) electrons. The summed E-state index contributed by atoms with van der Waals surface area (Å²) < 4.78 is 0. The number of likely N-dealkylation sites (N-methyl/N-ethyl adjacent to an activating group) is 2. The molecule has 2 heteroatoms. The van der Waals surface area contributed by atoms with Crippen LogP contribution in [0, 0.1) is 5.92 Å². The topological polar surface area (TPSA) is 15.3 Å². The molecule has 90 valence electrons. The van der Waals surface area contributed by atoms with Gasteiger partial charge >= 0.3 is 0 Å². The van der Waals surface area contributed by atoms with Crippen LogP contribution >= 0.6 is 0 Å². The molecule has 1 rings (SSSR count). The SMILES string of the molecule is CCNCCN(C)CCC1CCCCC1. The number of nitrogens with zero attached hydrogens (tertiary/aromatic N) is 1. The number of rotatable bonds is 7. The summed E-state index contributed by atoms with van der Waals surface area (Å²) >= 11 is 0. The summed E-state index contributed by atoms with van der Waals surface area (Å²) in [5, 5.41) is 3.38. The third kappa shape index (κ3) is 6.16. The maximum atomic E-state index is 3.38. The molecule has 0 unspecified atom stereocenters. The van der Waals surface area contributed by atoms with Gasteiger partial charge in [0.15, 0.2) is 0 Å². The molecule has 2 nitrogen and oxygen atoms in total. The monoisotopic (exact) mass is 212 g/mol. The average Bonchev–Trinajstić information content (AvgIpc) is 2.28. The van der Waals surface area contributed by atoms with Gasteiger partial charge in [-0.2, -0.15) is 0 Å². The summed E-state index contributed by atoms with van der Waals surface area (Å²) in [6, 6.07) is 0. The summed E-state index contributed by atoms with van der Waals surface area (Å²) in [6.07, 6.45) is 8.83. The molecule has 1 aliphatic rings. The highest BCUT2D eigenvalue weighted by Crippen LogP contribution is 2.26. The second kappa shape index (κ2) is 8.12. The van der Waals surface area contributed by atoms with Crippen LogP contribution in [-0.4, -0.2) is 38.1 Å². The molecule has 1 saturated carbocycles. The standard InChI is InChI=1S/C13H28N2/c1-3-14-10-12-15(2)11-9-13-7-5-4-6-8-13/h13-14H,3-12H2,1-2H3. The first-order valence-corrected chi connectivity index (χ1v) is 6.72. The molecule has 0 atom stereocenters. The summed E-state index contributed by atoms with van der Waals surface area (Å²) in [6.45, 7) is 6.88. The number of nitrogens with one attached hydrogen (secondary N) is 1. The maximum absolute atomic E-state index is 3.38. The van der Waals surface area contributed by atoms with Crippen molar-refractivity contribution < 1.29 is 0 Å². The Labute approximate surface area is 95.4 Å². The van der Waals surface area contributed by atoms with E-state index < -0.39 is 0 Å². The van der Waals surface area contributed by atoms with E-state index in [4.69, 9.17) is 0 Å². The Hall–Kier alpha value is -0.0800. The molecule has 0 heterocycles. The van der Waals surface area contributed by atoms with Crippen molar-refractivity contribution in [2.75, 3.05) is 33.2 Å². The van der Waals surface area contributed by atoms with Gasteiger partial charge in [0.2, 0.25) is 0 Å². The average molecular weight is 212 g/mol. The summed E-state index contributed by atoms with van der Waals surface area (Å²) in [7, 11) is 2.25. The van der Waals surface area contributed by atoms with E-state index in [0.717, 1.165) is 19.0 Å². The first-order chi connectivity index (χ1) is 7.33. The van der Waals surface area contributed by atoms with Crippen molar-refractivity contribution in [3.8, 4) is 0 Å². The lowest BCUT2D eigenvalue weighted by Gasteiger charge is -2.24. The van der Waals surface area contributed by atoms with Crippen LogP contribution in [0.5, 0.6) is 0 Å². The van der Waals surface area contributed by atoms with Crippen molar-refractivity contribution in [1.82, 2.24) is 10.2 Å². The quantitative estimate of drug-likeness (QED) is 0.652. The zero-order chi connectivity index (χ0) is 10.9. The Morgan fingerprint density at radius 3 is 2.53 bits per heavy atom. The lowest BCUT2D eigenvalue weighted by atomic mass is 9.87. The van der Waals surface area contributed by atoms with E-state index >= 15 is 0 Å². The van der Waals surface area contributed by atoms with Crippen LogP contribution in [0.15, 0.2) is 0 Å². The van der Waals surface area contributed by atoms with Gasteiger partial charge in [0.25, 0.3) is 0 Å². The summed E-state index contributed by atoms with van der Waals surface area (Å²) in [4.78, 5) is 2.47. The second-order valence-corrected chi connectivity index (χ2v) is 4.95. The normalized spacial score (nSPS) is 18.6. The van der Waals surface area contributed by atoms with Gasteiger partial charge in [-0.25, -0.2) is 0 Å². The number of hydrogen-bond donors (Lipinski definition) is 1. The molecule has 0 amide bonds. The second-order valence-electron chi connectivity index (χ2n) is 4.95. The molecule has 0 saturated heterocycles. The van der Waals surface area contributed by atoms with Crippen LogP contribution in [0.25, 0.3) is 0 Å². The highest BCUT2D eigenvalue weighted by atomic mass is 15.1. The summed E-state index contributed by atoms with van der Waals surface area (Å²) in [5.41, 5.74) is 0. The van der Waals surface area contributed by atoms with Gasteiger partial charge in [0.1, 0.15) is 0 Å². The van der Waals surface area contributed by atoms with Crippen LogP contribution in [0.2, 0.25) is 0 Å². The lowest BCUT2D eigenvalue weighted by molar-refractivity contribution is 0.265. The van der Waals surface area contributed by atoms with Crippen molar-refractivity contribution in [2.24, 2.45) is 5.92 Å². The first kappa shape index (κ1) is 13.0. The lowest BCUT2D eigenvalue weighted by Crippen LogP contribution is -2.30. The van der Waals surface area contributed by atoms with Crippen molar-refractivity contribution in [2.45, 2.75) is 45.4 Å². The summed E-state index contributed by atoms with van der Waals surface area (Å²) in [5.74, 6) is 1.03. The van der Waals surface area contributed by atoms with E-state index in [1.54, 1.807) is 0 Å². The minimum atomic E-state index is 1.03. The predicted molar refractivity (Wildman–Crippen MR) is 67.2 cm³/mol. The van der Waals surface area contributed by atoms with Gasteiger partial charge in [-0.15, -0.1) is 0 Å². The highest BCUT2D eigenvalue weighted by Gasteiger charge is 2.13. The van der Waals surface area contributed by atoms with Gasteiger partial charge < -0.3 is 10.2 Å². The van der Waals surface area contributed by atoms with E-state index in [-0.39, 0.29) is 0 Å². The Morgan fingerprint density at radius 1 is 1.13 bits per heavy atom. The fraction of sp³-hybridized carbons (Fsp3) is 1.00. The molecule has 1 N–H and O–H groups in total. The predicted octanol–water partition coefficient (Wildman–Crippen LogP) is 2.50. The van der Waals surface area contributed by atoms with E-state index in [1.165, 1.54) is 51.6 Å². The largest absolute Gasteiger partial charge is 0.316 e. The van der Waals surface area contributed by atoms with Crippen molar-refractivity contribution in [1.29, 1.82) is 0 Å². The van der Waals surface area contributed by atoms with Crippen LogP contribution in [0.4, 0.5) is 0 Å². The molecule has 0 spiro atoms. The van der Waals surface area contributed by atoms with Gasteiger partial charge in [-0.3, -0.25) is 0 Å². The molecule has 15 heavy (non-hydrogen) atoms. The van der Waals surface area contributed by atoms with Crippen LogP contribution < -0.4 is 5.32 Å². The van der Waals surface area contributed by atoms with Gasteiger partial charge in [0, 0.05) is 13.1 Å². The van der Waals surface area contributed by atoms with E-state index in [1.807, 2.05) is 0 Å². The molecule has 0 aromatic heterocycles. The van der Waals surface area contributed by atoms with Crippen molar-refractivity contribution >= 4 is 0 Å². The van der Waals surface area contributed by atoms with Crippen LogP contribution in [0.3, 0.4) is 0 Å². The fourth-order valence-electron chi connectivity index (χ4n) is 2.44. The van der Waals surface area contributed by atoms with E-state index in [2.05, 4.69) is 24.2 Å². The molecule has 0 aliphatic heterocycles. The molecular formula is C13H28N2. The maximum Gasteiger partial charge on any atom is 0.0104 e. The van der Waals surface area contributed by atoms with Gasteiger partial charge in [-0.05, 0) is 32.5 Å². The first-order valence-electron chi connectivity index (χ1n) is 6.72. The Kier molecular flexibility index (Phi) is 7.03. The molecular weight excluding hydrogens is 184 g/mol. The third-order valence-corrected chi connectivity index (χ3v) is 3.56. The van der Waals surface area contributed by atoms with Gasteiger partial charge in [0.05, 0.1) is 0 Å². The molecule has 0 aromatic rings. The third-order valence-electron chi connectivity index (χ3n) is 3.56. The van der Waals surface area contributed by atoms with E-state index in [9.17, 15) is 0 Å². The minimum Gasteiger partial charge on any atom is -0.316 e. The molecule has 1 fully saturated rings. The highest BCUT2D eigenvalue weighted by molar-refractivity contribution is 4.67. The zero-order valence-electron chi connectivity index (χ0n) is 10.6. The molecule has 0 aromatic carbocycles. The van der Waals surface area contributed by atoms with Crippen LogP contribution in [-0.2, 0) is 0 Å². The zero-order valence-corrected chi connectivity index (χ0v) is 10.6. The Balaban J connectivity index is 1.97. The van der Waals surface area contributed by atoms with E-state index in [0.29, 0.717) is 0 Å². The fourth-order valence-corrected chi connectivity index (χ4v) is 2.44. The smallest absolute Gasteiger partial charge is 0.0104 e. The van der Waals surface area contributed by atoms with Crippen molar-refractivity contribution in [3.63, 3.8) is 0 Å². The van der Waals surface area contributed by atoms with Crippen molar-refractivity contribution in [3.05, 3.63) is 0 Å². The Morgan fingerprint density at radius 2 is 1.87 bits per heavy atom. The number of hydrogen-bond acceptors (Lipinski definition) is 2. The minimum absolute atomic E-state index is 1.03. The Bertz CT molecular complexity index is 141. The molecule has 1 aliphatic carbocycles. The van der Waals surface area contributed by atoms with Gasteiger partial charge in [-0.1, -0.05) is 39.0 Å². The van der Waals surface area contributed by atoms with Crippen LogP contribution in [0.1, 0.15) is 45.4 Å². The molecule has 0 bridgehead atoms.